The van der Waals surface area contributed by atoms with Gasteiger partial charge >= 0.3 is 0 Å². The van der Waals surface area contributed by atoms with Gasteiger partial charge in [0.1, 0.15) is 6.04 Å². The Labute approximate surface area is 123 Å². The molecular formula is C14H10Br2N2. The molecule has 0 fully saturated rings. The number of nitrogens with one attached hydrogen (secondary N) is 1. The van der Waals surface area contributed by atoms with Crippen LogP contribution in [-0.4, -0.2) is 0 Å². The molecular weight excluding hydrogens is 356 g/mol. The molecule has 0 heterocycles. The summed E-state index contributed by atoms with van der Waals surface area (Å²) in [5, 5.41) is 12.4. The molecule has 90 valence electrons. The van der Waals surface area contributed by atoms with E-state index in [1.54, 1.807) is 0 Å². The fourth-order valence-electron chi connectivity index (χ4n) is 1.56. The number of benzene rings is 2. The van der Waals surface area contributed by atoms with Crippen molar-refractivity contribution >= 4 is 37.5 Å². The van der Waals surface area contributed by atoms with Crippen LogP contribution in [0.15, 0.2) is 57.5 Å². The Balaban J connectivity index is 2.17. The molecule has 0 aliphatic carbocycles. The average Bonchev–Trinajstić information content (AvgIpc) is 2.39. The molecule has 0 saturated carbocycles. The third-order valence-electron chi connectivity index (χ3n) is 2.49. The first-order valence-electron chi connectivity index (χ1n) is 5.36. The number of hydrogen-bond acceptors (Lipinski definition) is 2. The van der Waals surface area contributed by atoms with E-state index in [-0.39, 0.29) is 6.04 Å². The van der Waals surface area contributed by atoms with Gasteiger partial charge in [-0.3, -0.25) is 0 Å². The van der Waals surface area contributed by atoms with E-state index in [1.807, 2.05) is 48.5 Å². The highest BCUT2D eigenvalue weighted by atomic mass is 79.9. The van der Waals surface area contributed by atoms with Crippen molar-refractivity contribution in [2.24, 2.45) is 0 Å². The second-order valence-electron chi connectivity index (χ2n) is 3.76. The van der Waals surface area contributed by atoms with E-state index in [0.717, 1.165) is 20.2 Å². The topological polar surface area (TPSA) is 35.8 Å². The highest BCUT2D eigenvalue weighted by Gasteiger charge is 2.09. The molecule has 1 N–H and O–H groups in total. The molecule has 2 aromatic carbocycles. The number of nitriles is 1. The number of hydrogen-bond donors (Lipinski definition) is 1. The lowest BCUT2D eigenvalue weighted by atomic mass is 10.1. The number of nitrogens with zero attached hydrogens (tertiary/aromatic N) is 1. The molecule has 0 amide bonds. The van der Waals surface area contributed by atoms with Crippen molar-refractivity contribution in [3.05, 3.63) is 63.0 Å². The quantitative estimate of drug-likeness (QED) is 0.840. The zero-order valence-corrected chi connectivity index (χ0v) is 12.6. The molecule has 0 aliphatic heterocycles. The number of anilines is 1. The van der Waals surface area contributed by atoms with E-state index >= 15 is 0 Å². The summed E-state index contributed by atoms with van der Waals surface area (Å²) in [6.45, 7) is 0. The van der Waals surface area contributed by atoms with Crippen LogP contribution in [0.4, 0.5) is 5.69 Å². The molecule has 4 heteroatoms. The Kier molecular flexibility index (Phi) is 4.40. The van der Waals surface area contributed by atoms with Crippen molar-refractivity contribution in [3.8, 4) is 6.07 Å². The predicted molar refractivity (Wildman–Crippen MR) is 80.3 cm³/mol. The van der Waals surface area contributed by atoms with Gasteiger partial charge in [0.05, 0.1) is 6.07 Å². The fourth-order valence-corrected chi connectivity index (χ4v) is 2.09. The summed E-state index contributed by atoms with van der Waals surface area (Å²) < 4.78 is 2.02. The monoisotopic (exact) mass is 364 g/mol. The van der Waals surface area contributed by atoms with E-state index < -0.39 is 0 Å². The minimum absolute atomic E-state index is 0.348. The standard InChI is InChI=1S/C14H10Br2N2/c15-11-3-1-10(2-4-11)14(9-17)18-13-7-5-12(16)6-8-13/h1-8,14,18H. The van der Waals surface area contributed by atoms with Gasteiger partial charge in [-0.15, -0.1) is 0 Å². The molecule has 0 saturated heterocycles. The van der Waals surface area contributed by atoms with Gasteiger partial charge in [-0.05, 0) is 42.0 Å². The van der Waals surface area contributed by atoms with Gasteiger partial charge in [0, 0.05) is 14.6 Å². The molecule has 1 atom stereocenters. The molecule has 0 aromatic heterocycles. The second kappa shape index (κ2) is 6.03. The molecule has 2 nitrogen and oxygen atoms in total. The summed E-state index contributed by atoms with van der Waals surface area (Å²) in [4.78, 5) is 0. The molecule has 0 aliphatic rings. The normalized spacial score (nSPS) is 11.6. The molecule has 1 unspecified atom stereocenters. The summed E-state index contributed by atoms with van der Waals surface area (Å²) in [6.07, 6.45) is 0. The second-order valence-corrected chi connectivity index (χ2v) is 5.60. The largest absolute Gasteiger partial charge is 0.366 e. The number of halogens is 2. The van der Waals surface area contributed by atoms with Crippen molar-refractivity contribution in [1.29, 1.82) is 5.26 Å². The van der Waals surface area contributed by atoms with Crippen LogP contribution in [0.2, 0.25) is 0 Å². The molecule has 0 spiro atoms. The maximum atomic E-state index is 9.23. The maximum absolute atomic E-state index is 9.23. The van der Waals surface area contributed by atoms with E-state index in [2.05, 4.69) is 43.2 Å². The number of rotatable bonds is 3. The van der Waals surface area contributed by atoms with Crippen molar-refractivity contribution in [3.63, 3.8) is 0 Å². The van der Waals surface area contributed by atoms with Crippen LogP contribution in [0.3, 0.4) is 0 Å². The van der Waals surface area contributed by atoms with Gasteiger partial charge in [0.25, 0.3) is 0 Å². The molecule has 0 radical (unpaired) electrons. The zero-order chi connectivity index (χ0) is 13.0. The highest BCUT2D eigenvalue weighted by Crippen LogP contribution is 2.22. The first-order valence-corrected chi connectivity index (χ1v) is 6.95. The Morgan fingerprint density at radius 3 is 1.89 bits per heavy atom. The minimum atomic E-state index is -0.348. The summed E-state index contributed by atoms with van der Waals surface area (Å²) in [6, 6.07) is 17.4. The van der Waals surface area contributed by atoms with Crippen LogP contribution < -0.4 is 5.32 Å². The smallest absolute Gasteiger partial charge is 0.140 e. The Morgan fingerprint density at radius 2 is 1.39 bits per heavy atom. The highest BCUT2D eigenvalue weighted by molar-refractivity contribution is 9.10. The van der Waals surface area contributed by atoms with Crippen molar-refractivity contribution in [2.75, 3.05) is 5.32 Å². The van der Waals surface area contributed by atoms with E-state index in [4.69, 9.17) is 0 Å². The SMILES string of the molecule is N#CC(Nc1ccc(Br)cc1)c1ccc(Br)cc1. The fraction of sp³-hybridized carbons (Fsp3) is 0.0714. The summed E-state index contributed by atoms with van der Waals surface area (Å²) in [5.41, 5.74) is 1.87. The van der Waals surface area contributed by atoms with Crippen molar-refractivity contribution in [1.82, 2.24) is 0 Å². The average molecular weight is 366 g/mol. The van der Waals surface area contributed by atoms with Crippen LogP contribution in [0.1, 0.15) is 11.6 Å². The van der Waals surface area contributed by atoms with Gasteiger partial charge in [-0.25, -0.2) is 0 Å². The van der Waals surface area contributed by atoms with Crippen LogP contribution in [-0.2, 0) is 0 Å². The molecule has 0 bridgehead atoms. The Morgan fingerprint density at radius 1 is 0.889 bits per heavy atom. The van der Waals surface area contributed by atoms with E-state index in [0.29, 0.717) is 0 Å². The van der Waals surface area contributed by atoms with E-state index in [9.17, 15) is 5.26 Å². The van der Waals surface area contributed by atoms with Crippen LogP contribution >= 0.6 is 31.9 Å². The van der Waals surface area contributed by atoms with E-state index in [1.165, 1.54) is 0 Å². The third kappa shape index (κ3) is 3.34. The molecule has 2 rings (SSSR count). The van der Waals surface area contributed by atoms with Gasteiger partial charge in [0.2, 0.25) is 0 Å². The Bertz CT molecular complexity index is 556. The maximum Gasteiger partial charge on any atom is 0.140 e. The lowest BCUT2D eigenvalue weighted by molar-refractivity contribution is 0.997. The Hall–Kier alpha value is -1.31. The van der Waals surface area contributed by atoms with Gasteiger partial charge in [0.15, 0.2) is 0 Å². The summed E-state index contributed by atoms with van der Waals surface area (Å²) in [7, 11) is 0. The zero-order valence-electron chi connectivity index (χ0n) is 9.40. The lowest BCUT2D eigenvalue weighted by Crippen LogP contribution is -2.08. The summed E-state index contributed by atoms with van der Waals surface area (Å²) >= 11 is 6.77. The van der Waals surface area contributed by atoms with Crippen LogP contribution in [0, 0.1) is 11.3 Å². The van der Waals surface area contributed by atoms with Gasteiger partial charge < -0.3 is 5.32 Å². The van der Waals surface area contributed by atoms with Crippen LogP contribution in [0.5, 0.6) is 0 Å². The van der Waals surface area contributed by atoms with Crippen molar-refractivity contribution < 1.29 is 0 Å². The van der Waals surface area contributed by atoms with Crippen LogP contribution in [0.25, 0.3) is 0 Å². The lowest BCUT2D eigenvalue weighted by Gasteiger charge is -2.13. The van der Waals surface area contributed by atoms with Crippen molar-refractivity contribution in [2.45, 2.75) is 6.04 Å². The van der Waals surface area contributed by atoms with Gasteiger partial charge in [-0.1, -0.05) is 44.0 Å². The third-order valence-corrected chi connectivity index (χ3v) is 3.54. The first-order chi connectivity index (χ1) is 8.69. The molecule has 18 heavy (non-hydrogen) atoms. The van der Waals surface area contributed by atoms with Gasteiger partial charge in [-0.2, -0.15) is 5.26 Å². The first kappa shape index (κ1) is 13.1. The summed E-state index contributed by atoms with van der Waals surface area (Å²) in [5.74, 6) is 0. The molecule has 2 aromatic rings. The predicted octanol–water partition coefficient (Wildman–Crippen LogP) is 4.89. The minimum Gasteiger partial charge on any atom is -0.366 e.